The number of rotatable bonds is 20. The number of piperazine rings is 2. The first-order valence-electron chi connectivity index (χ1n) is 21.1. The zero-order valence-electron chi connectivity index (χ0n) is 36.0. The molecule has 0 saturated carbocycles. The summed E-state index contributed by atoms with van der Waals surface area (Å²) < 4.78 is 22.8. The van der Waals surface area contributed by atoms with Crippen LogP contribution in [0.25, 0.3) is 11.1 Å². The van der Waals surface area contributed by atoms with Crippen LogP contribution in [-0.2, 0) is 43.6 Å². The van der Waals surface area contributed by atoms with Gasteiger partial charge in [-0.2, -0.15) is 0 Å². The Balaban J connectivity index is 1.60. The summed E-state index contributed by atoms with van der Waals surface area (Å²) in [6.45, 7) is 21.0. The quantitative estimate of drug-likeness (QED) is 0.0439. The average molecular weight is 845 g/mol. The number of carbonyl (C=O) groups is 4. The van der Waals surface area contributed by atoms with E-state index in [-0.39, 0.29) is 37.2 Å². The van der Waals surface area contributed by atoms with E-state index in [1.807, 2.05) is 38.1 Å². The zero-order valence-corrected chi connectivity index (χ0v) is 36.0. The fourth-order valence-electron chi connectivity index (χ4n) is 7.53. The van der Waals surface area contributed by atoms with Crippen molar-refractivity contribution in [1.29, 1.82) is 0 Å². The van der Waals surface area contributed by atoms with Crippen LogP contribution in [0.2, 0.25) is 0 Å². The van der Waals surface area contributed by atoms with Crippen molar-refractivity contribution in [3.63, 3.8) is 0 Å². The molecule has 0 spiro atoms. The molecule has 2 aliphatic heterocycles. The van der Waals surface area contributed by atoms with Crippen LogP contribution in [0.15, 0.2) is 71.0 Å². The lowest BCUT2D eigenvalue weighted by molar-refractivity contribution is -0.139. The van der Waals surface area contributed by atoms with Gasteiger partial charge in [-0.15, -0.1) is 0 Å². The van der Waals surface area contributed by atoms with Crippen molar-refractivity contribution in [2.24, 2.45) is 10.3 Å². The second kappa shape index (κ2) is 23.0. The Morgan fingerprint density at radius 3 is 1.39 bits per heavy atom. The van der Waals surface area contributed by atoms with Crippen LogP contribution in [0.4, 0.5) is 9.59 Å². The normalized spacial score (nSPS) is 16.0. The Bertz CT molecular complexity index is 1830. The lowest BCUT2D eigenvalue weighted by Crippen LogP contribution is -2.46. The van der Waals surface area contributed by atoms with Gasteiger partial charge in [0.05, 0.1) is 24.6 Å². The van der Waals surface area contributed by atoms with E-state index in [4.69, 9.17) is 28.6 Å². The number of benzene rings is 2. The number of carbonyl (C=O) groups excluding carboxylic acids is 4. The van der Waals surface area contributed by atoms with Gasteiger partial charge in [0.1, 0.15) is 0 Å². The van der Waals surface area contributed by atoms with Gasteiger partial charge in [0, 0.05) is 119 Å². The highest BCUT2D eigenvalue weighted by atomic mass is 16.7. The first kappa shape index (κ1) is 46.6. The molecule has 1 aliphatic carbocycles. The summed E-state index contributed by atoms with van der Waals surface area (Å²) in [7, 11) is 0. The fourth-order valence-corrected chi connectivity index (χ4v) is 7.53. The lowest BCUT2D eigenvalue weighted by atomic mass is 9.73. The maximum absolute atomic E-state index is 13.1. The van der Waals surface area contributed by atoms with Crippen LogP contribution in [0.5, 0.6) is 0 Å². The second-order valence-corrected chi connectivity index (χ2v) is 15.1. The number of amides is 2. The van der Waals surface area contributed by atoms with Gasteiger partial charge in [0.2, 0.25) is 0 Å². The van der Waals surface area contributed by atoms with Crippen molar-refractivity contribution in [3.8, 4) is 11.1 Å². The monoisotopic (exact) mass is 844 g/mol. The van der Waals surface area contributed by atoms with Gasteiger partial charge in [0.25, 0.3) is 0 Å². The molecule has 2 heterocycles. The number of oxime groups is 2. The van der Waals surface area contributed by atoms with Gasteiger partial charge in [-0.1, -0.05) is 47.7 Å². The number of hydrogen-bond donors (Lipinski definition) is 2. The maximum Gasteiger partial charge on any atom is 0.436 e. The van der Waals surface area contributed by atoms with E-state index >= 15 is 0 Å². The first-order chi connectivity index (χ1) is 29.5. The second-order valence-electron chi connectivity index (χ2n) is 15.1. The predicted molar refractivity (Wildman–Crippen MR) is 231 cm³/mol. The Kier molecular flexibility index (Phi) is 17.6. The van der Waals surface area contributed by atoms with Crippen LogP contribution in [0.1, 0.15) is 75.6 Å². The Hall–Kier alpha value is -5.42. The van der Waals surface area contributed by atoms with Crippen molar-refractivity contribution < 1.29 is 47.8 Å². The van der Waals surface area contributed by atoms with Gasteiger partial charge < -0.3 is 39.4 Å². The van der Waals surface area contributed by atoms with Crippen molar-refractivity contribution in [2.45, 2.75) is 58.8 Å². The molecule has 2 N–H and O–H groups in total. The minimum atomic E-state index is -0.571. The standard InChI is InChI=1S/C45H60N6O10/c1-7-56-27-15-45(16-28-57-8-2)37-11-9-33(39(13-25-58-41(52)31(3)4)48-60-43(54)50-21-17-46-18-22-50)29-35(37)36-30-34(10-12-38(36)45)40(14-26-59-42(53)32(5)6)49-61-44(55)51-23-19-47-20-24-51/h9-12,29-30,46-47H,3,5,7-8,13-28H2,1-2,4,6H3/b48-39+,49-40+. The van der Waals surface area contributed by atoms with Crippen LogP contribution in [-0.4, -0.2) is 137 Å². The molecule has 61 heavy (non-hydrogen) atoms. The van der Waals surface area contributed by atoms with Crippen molar-refractivity contribution in [3.05, 3.63) is 83.0 Å². The number of esters is 2. The lowest BCUT2D eigenvalue weighted by Gasteiger charge is -2.32. The molecule has 5 rings (SSSR count). The number of fused-ring (bicyclic) bond motifs is 3. The number of ether oxygens (including phenoxy) is 4. The molecule has 2 saturated heterocycles. The molecule has 0 unspecified atom stereocenters. The third kappa shape index (κ3) is 12.3. The van der Waals surface area contributed by atoms with Crippen LogP contribution in [0, 0.1) is 0 Å². The third-order valence-corrected chi connectivity index (χ3v) is 10.8. The smallest absolute Gasteiger partial charge is 0.436 e. The summed E-state index contributed by atoms with van der Waals surface area (Å²) in [6, 6.07) is 12.0. The molecule has 330 valence electrons. The summed E-state index contributed by atoms with van der Waals surface area (Å²) >= 11 is 0. The molecule has 2 aromatic rings. The highest BCUT2D eigenvalue weighted by molar-refractivity contribution is 6.04. The van der Waals surface area contributed by atoms with Crippen molar-refractivity contribution >= 4 is 35.5 Å². The summed E-state index contributed by atoms with van der Waals surface area (Å²) in [4.78, 5) is 65.1. The fraction of sp³-hybridized carbons (Fsp3) is 0.511. The molecule has 2 amide bonds. The van der Waals surface area contributed by atoms with E-state index in [1.165, 1.54) is 0 Å². The molecular formula is C45H60N6O10. The number of hydrogen-bond acceptors (Lipinski definition) is 14. The summed E-state index contributed by atoms with van der Waals surface area (Å²) in [5.74, 6) is -1.07. The molecule has 3 aliphatic rings. The average Bonchev–Trinajstić information content (AvgIpc) is 3.54. The number of nitrogens with one attached hydrogen (secondary N) is 2. The maximum atomic E-state index is 13.1. The van der Waals surface area contributed by atoms with E-state index in [0.29, 0.717) is 114 Å². The topological polar surface area (TPSA) is 179 Å². The van der Waals surface area contributed by atoms with E-state index in [1.54, 1.807) is 23.6 Å². The predicted octanol–water partition coefficient (Wildman–Crippen LogP) is 5.32. The van der Waals surface area contributed by atoms with Gasteiger partial charge in [0.15, 0.2) is 0 Å². The summed E-state index contributed by atoms with van der Waals surface area (Å²) in [5, 5.41) is 15.2. The molecular weight excluding hydrogens is 785 g/mol. The van der Waals surface area contributed by atoms with E-state index in [9.17, 15) is 19.2 Å². The minimum absolute atomic E-state index is 0.0252. The van der Waals surface area contributed by atoms with Crippen LogP contribution >= 0.6 is 0 Å². The molecule has 2 fully saturated rings. The van der Waals surface area contributed by atoms with E-state index in [2.05, 4.69) is 46.2 Å². The largest absolute Gasteiger partial charge is 0.462 e. The number of nitrogens with zero attached hydrogens (tertiary/aromatic N) is 4. The molecule has 2 aromatic carbocycles. The molecule has 16 nitrogen and oxygen atoms in total. The van der Waals surface area contributed by atoms with Gasteiger partial charge >= 0.3 is 24.1 Å². The van der Waals surface area contributed by atoms with Crippen LogP contribution < -0.4 is 10.6 Å². The molecule has 0 bridgehead atoms. The summed E-state index contributed by atoms with van der Waals surface area (Å²) in [5.41, 5.74) is 6.03. The molecule has 16 heteroatoms. The highest BCUT2D eigenvalue weighted by Crippen LogP contribution is 2.53. The molecule has 0 atom stereocenters. The van der Waals surface area contributed by atoms with Crippen molar-refractivity contribution in [2.75, 3.05) is 92.0 Å². The third-order valence-electron chi connectivity index (χ3n) is 10.8. The van der Waals surface area contributed by atoms with Gasteiger partial charge in [-0.25, -0.2) is 19.2 Å². The Morgan fingerprint density at radius 1 is 0.639 bits per heavy atom. The van der Waals surface area contributed by atoms with Gasteiger partial charge in [-0.05, 0) is 74.9 Å². The SMILES string of the molecule is C=C(C)C(=O)OCC/C(=N\OC(=O)N1CCNCC1)c1ccc2c(c1)-c1cc(/C(CCOC(=O)C(=C)C)=N/OC(=O)N3CCNCC3)ccc1C2(CCOCC)CCOCC. The minimum Gasteiger partial charge on any atom is -0.462 e. The van der Waals surface area contributed by atoms with E-state index < -0.39 is 29.5 Å². The Labute approximate surface area is 358 Å². The summed E-state index contributed by atoms with van der Waals surface area (Å²) in [6.07, 6.45) is 0.478. The van der Waals surface area contributed by atoms with Crippen molar-refractivity contribution in [1.82, 2.24) is 20.4 Å². The van der Waals surface area contributed by atoms with Gasteiger partial charge in [-0.3, -0.25) is 9.68 Å². The molecule has 0 aromatic heterocycles. The first-order valence-corrected chi connectivity index (χ1v) is 21.1. The highest BCUT2D eigenvalue weighted by Gasteiger charge is 2.43. The zero-order chi connectivity index (χ0) is 43.8. The Morgan fingerprint density at radius 2 is 1.03 bits per heavy atom. The van der Waals surface area contributed by atoms with E-state index in [0.717, 1.165) is 22.3 Å². The molecule has 0 radical (unpaired) electrons. The van der Waals surface area contributed by atoms with Crippen LogP contribution in [0.3, 0.4) is 0 Å².